The van der Waals surface area contributed by atoms with Gasteiger partial charge in [0.25, 0.3) is 5.91 Å². The number of benzene rings is 3. The smallest absolute Gasteiger partial charge is 0.255 e. The third-order valence-electron chi connectivity index (χ3n) is 4.50. The van der Waals surface area contributed by atoms with Gasteiger partial charge in [0.05, 0.1) is 16.1 Å². The molecule has 2 atom stereocenters. The maximum absolute atomic E-state index is 14.0. The molecule has 160 valence electrons. The van der Waals surface area contributed by atoms with Gasteiger partial charge in [0.15, 0.2) is 17.5 Å². The van der Waals surface area contributed by atoms with Crippen LogP contribution < -0.4 is 15.4 Å². The van der Waals surface area contributed by atoms with Crippen molar-refractivity contribution in [3.05, 3.63) is 88.7 Å². The molecule has 2 unspecified atom stereocenters. The molecule has 0 spiro atoms. The number of rotatable bonds is 3. The molecule has 0 radical (unpaired) electrons. The standard InChI is InChI=1S/C20H12F5N3O2S/c21-11-2-1-3-12(22)17(11)19-27-15-5-4-9(6-16(15)31(30)28-19)20(29)26-10-7-13(23)18(25)14(24)8-10/h1-8,19,27-28H,(H,26,29). The molecule has 0 aromatic heterocycles. The Kier molecular flexibility index (Phi) is 5.46. The third-order valence-corrected chi connectivity index (χ3v) is 5.69. The summed E-state index contributed by atoms with van der Waals surface area (Å²) in [5.41, 5.74) is -0.410. The number of anilines is 2. The zero-order valence-electron chi connectivity index (χ0n) is 15.3. The lowest BCUT2D eigenvalue weighted by Gasteiger charge is -2.28. The fraction of sp³-hybridized carbons (Fsp3) is 0.0500. The van der Waals surface area contributed by atoms with E-state index in [4.69, 9.17) is 0 Å². The molecule has 5 nitrogen and oxygen atoms in total. The summed E-state index contributed by atoms with van der Waals surface area (Å²) < 4.78 is 82.9. The third kappa shape index (κ3) is 4.01. The molecule has 0 saturated heterocycles. The van der Waals surface area contributed by atoms with E-state index in [1.54, 1.807) is 0 Å². The van der Waals surface area contributed by atoms with E-state index in [9.17, 15) is 31.0 Å². The van der Waals surface area contributed by atoms with Gasteiger partial charge in [-0.2, -0.15) is 0 Å². The van der Waals surface area contributed by atoms with E-state index in [0.717, 1.165) is 12.1 Å². The summed E-state index contributed by atoms with van der Waals surface area (Å²) in [6.45, 7) is 0. The molecule has 3 aromatic rings. The molecule has 0 aliphatic carbocycles. The second kappa shape index (κ2) is 8.08. The minimum absolute atomic E-state index is 0.0173. The first kappa shape index (κ1) is 20.9. The average molecular weight is 453 g/mol. The Hall–Kier alpha value is -3.31. The largest absolute Gasteiger partial charge is 0.364 e. The summed E-state index contributed by atoms with van der Waals surface area (Å²) in [5.74, 6) is -7.07. The van der Waals surface area contributed by atoms with Gasteiger partial charge in [0.2, 0.25) is 0 Å². The molecule has 1 aliphatic heterocycles. The van der Waals surface area contributed by atoms with Crippen LogP contribution in [0.2, 0.25) is 0 Å². The first-order valence-electron chi connectivity index (χ1n) is 8.73. The zero-order valence-corrected chi connectivity index (χ0v) is 16.1. The van der Waals surface area contributed by atoms with Crippen molar-refractivity contribution in [3.8, 4) is 0 Å². The number of amides is 1. The van der Waals surface area contributed by atoms with Crippen LogP contribution in [0.3, 0.4) is 0 Å². The van der Waals surface area contributed by atoms with Gasteiger partial charge in [-0.05, 0) is 30.3 Å². The fourth-order valence-corrected chi connectivity index (χ4v) is 4.12. The minimum atomic E-state index is -1.94. The van der Waals surface area contributed by atoms with Gasteiger partial charge in [-0.3, -0.25) is 4.79 Å². The Morgan fingerprint density at radius 1 is 0.903 bits per heavy atom. The lowest BCUT2D eigenvalue weighted by Crippen LogP contribution is -2.36. The Balaban J connectivity index is 1.59. The molecular formula is C20H12F5N3O2S. The van der Waals surface area contributed by atoms with Crippen molar-refractivity contribution in [2.75, 3.05) is 10.6 Å². The van der Waals surface area contributed by atoms with Crippen LogP contribution in [-0.2, 0) is 11.0 Å². The summed E-state index contributed by atoms with van der Waals surface area (Å²) in [6.07, 6.45) is -1.13. The summed E-state index contributed by atoms with van der Waals surface area (Å²) in [6, 6.07) is 8.49. The van der Waals surface area contributed by atoms with Crippen molar-refractivity contribution in [1.29, 1.82) is 0 Å². The van der Waals surface area contributed by atoms with Crippen LogP contribution in [0.25, 0.3) is 0 Å². The molecule has 3 aromatic carbocycles. The van der Waals surface area contributed by atoms with E-state index < -0.39 is 52.1 Å². The predicted octanol–water partition coefficient (Wildman–Crippen LogP) is 4.37. The molecule has 1 amide bonds. The van der Waals surface area contributed by atoms with Crippen LogP contribution in [0.5, 0.6) is 0 Å². The topological polar surface area (TPSA) is 70.2 Å². The number of nitrogens with one attached hydrogen (secondary N) is 3. The van der Waals surface area contributed by atoms with E-state index in [1.165, 1.54) is 24.3 Å². The van der Waals surface area contributed by atoms with Crippen LogP contribution >= 0.6 is 0 Å². The highest BCUT2D eigenvalue weighted by atomic mass is 32.2. The Labute approximate surface area is 174 Å². The van der Waals surface area contributed by atoms with Gasteiger partial charge >= 0.3 is 0 Å². The minimum Gasteiger partial charge on any atom is -0.364 e. The summed E-state index contributed by atoms with van der Waals surface area (Å²) in [5, 5.41) is 5.02. The first-order valence-corrected chi connectivity index (χ1v) is 9.88. The SMILES string of the molecule is O=C(Nc1cc(F)c(F)c(F)c1)c1ccc2c(c1)S(=O)NC(c1c(F)cccc1F)N2. The monoisotopic (exact) mass is 453 g/mol. The van der Waals surface area contributed by atoms with E-state index in [2.05, 4.69) is 15.4 Å². The van der Waals surface area contributed by atoms with Gasteiger partial charge < -0.3 is 10.6 Å². The van der Waals surface area contributed by atoms with Gasteiger partial charge in [0, 0.05) is 23.4 Å². The fourth-order valence-electron chi connectivity index (χ4n) is 3.04. The van der Waals surface area contributed by atoms with Crippen LogP contribution in [0.15, 0.2) is 53.4 Å². The van der Waals surface area contributed by atoms with Gasteiger partial charge in [-0.15, -0.1) is 0 Å². The molecule has 0 fully saturated rings. The van der Waals surface area contributed by atoms with E-state index >= 15 is 0 Å². The van der Waals surface area contributed by atoms with Crippen molar-refractivity contribution in [2.24, 2.45) is 0 Å². The highest BCUT2D eigenvalue weighted by molar-refractivity contribution is 7.83. The van der Waals surface area contributed by atoms with E-state index in [1.807, 2.05) is 0 Å². The normalized spacial score (nSPS) is 17.6. The summed E-state index contributed by atoms with van der Waals surface area (Å²) in [4.78, 5) is 12.5. The number of hydrogen-bond acceptors (Lipinski definition) is 3. The maximum atomic E-state index is 14.0. The van der Waals surface area contributed by atoms with Gasteiger partial charge in [-0.25, -0.2) is 30.9 Å². The predicted molar refractivity (Wildman–Crippen MR) is 103 cm³/mol. The highest BCUT2D eigenvalue weighted by Crippen LogP contribution is 2.32. The number of halogens is 5. The molecule has 1 heterocycles. The van der Waals surface area contributed by atoms with Crippen molar-refractivity contribution < 1.29 is 31.0 Å². The average Bonchev–Trinajstić information content (AvgIpc) is 2.71. The molecule has 0 bridgehead atoms. The number of hydrogen-bond donors (Lipinski definition) is 3. The molecular weight excluding hydrogens is 441 g/mol. The molecule has 31 heavy (non-hydrogen) atoms. The zero-order chi connectivity index (χ0) is 22.3. The Bertz CT molecular complexity index is 1190. The van der Waals surface area contributed by atoms with Crippen LogP contribution in [0.1, 0.15) is 22.1 Å². The maximum Gasteiger partial charge on any atom is 0.255 e. The van der Waals surface area contributed by atoms with Crippen LogP contribution in [0.4, 0.5) is 33.3 Å². The van der Waals surface area contributed by atoms with Gasteiger partial charge in [-0.1, -0.05) is 6.07 Å². The quantitative estimate of drug-likeness (QED) is 0.408. The molecule has 11 heteroatoms. The van der Waals surface area contributed by atoms with E-state index in [-0.39, 0.29) is 27.4 Å². The van der Waals surface area contributed by atoms with Crippen molar-refractivity contribution >= 4 is 28.3 Å². The van der Waals surface area contributed by atoms with Crippen LogP contribution in [0, 0.1) is 29.1 Å². The Morgan fingerprint density at radius 2 is 1.55 bits per heavy atom. The van der Waals surface area contributed by atoms with Crippen molar-refractivity contribution in [3.63, 3.8) is 0 Å². The lowest BCUT2D eigenvalue weighted by molar-refractivity contribution is 0.102. The number of carbonyl (C=O) groups is 1. The van der Waals surface area contributed by atoms with Crippen LogP contribution in [-0.4, -0.2) is 10.1 Å². The molecule has 3 N–H and O–H groups in total. The van der Waals surface area contributed by atoms with Crippen molar-refractivity contribution in [1.82, 2.24) is 4.72 Å². The highest BCUT2D eigenvalue weighted by Gasteiger charge is 2.29. The second-order valence-corrected chi connectivity index (χ2v) is 7.73. The molecule has 4 rings (SSSR count). The second-order valence-electron chi connectivity index (χ2n) is 6.52. The first-order chi connectivity index (χ1) is 14.7. The summed E-state index contributed by atoms with van der Waals surface area (Å²) in [7, 11) is -1.94. The Morgan fingerprint density at radius 3 is 2.19 bits per heavy atom. The lowest BCUT2D eigenvalue weighted by atomic mass is 10.1. The van der Waals surface area contributed by atoms with Crippen molar-refractivity contribution in [2.45, 2.75) is 11.1 Å². The molecule has 0 saturated carbocycles. The number of fused-ring (bicyclic) bond motifs is 1. The van der Waals surface area contributed by atoms with E-state index in [0.29, 0.717) is 12.1 Å². The molecule has 1 aliphatic rings. The summed E-state index contributed by atoms with van der Waals surface area (Å²) >= 11 is 0. The number of carbonyl (C=O) groups excluding carboxylic acids is 1. The van der Waals surface area contributed by atoms with Gasteiger partial charge in [0.1, 0.15) is 28.8 Å².